The second-order valence-corrected chi connectivity index (χ2v) is 8.41. The summed E-state index contributed by atoms with van der Waals surface area (Å²) in [6.45, 7) is 7.14. The Hall–Kier alpha value is -2.22. The number of aromatic nitrogens is 1. The zero-order chi connectivity index (χ0) is 17.5. The average molecular weight is 352 g/mol. The number of nitrogens with zero attached hydrogens (tertiary/aromatic N) is 2. The molecule has 0 amide bonds. The van der Waals surface area contributed by atoms with E-state index in [1.165, 1.54) is 24.3 Å². The van der Waals surface area contributed by atoms with Gasteiger partial charge in [0.1, 0.15) is 22.4 Å². The van der Waals surface area contributed by atoms with Crippen molar-refractivity contribution in [3.8, 4) is 0 Å². The first kappa shape index (κ1) is 16.6. The van der Waals surface area contributed by atoms with Crippen molar-refractivity contribution in [1.29, 1.82) is 0 Å². The van der Waals surface area contributed by atoms with Gasteiger partial charge in [0.15, 0.2) is 10.6 Å². The zero-order valence-corrected chi connectivity index (χ0v) is 14.1. The summed E-state index contributed by atoms with van der Waals surface area (Å²) in [6, 6.07) is 3.86. The molecule has 0 bridgehead atoms. The van der Waals surface area contributed by atoms with Crippen LogP contribution in [0.5, 0.6) is 0 Å². The Balaban J connectivity index is 2.08. The molecule has 8 heteroatoms. The Bertz CT molecular complexity index is 931. The van der Waals surface area contributed by atoms with E-state index in [2.05, 4.69) is 16.9 Å². The summed E-state index contributed by atoms with van der Waals surface area (Å²) in [7, 11) is -3.82. The van der Waals surface area contributed by atoms with Crippen molar-refractivity contribution in [1.82, 2.24) is 5.16 Å². The Morgan fingerprint density at radius 3 is 2.83 bits per heavy atom. The lowest BCUT2D eigenvalue weighted by atomic mass is 10.1. The molecule has 0 spiro atoms. The number of benzene rings is 1. The lowest BCUT2D eigenvalue weighted by Crippen LogP contribution is -2.26. The normalized spacial score (nSPS) is 18.2. The lowest BCUT2D eigenvalue weighted by molar-refractivity contribution is 0.0123. The van der Waals surface area contributed by atoms with E-state index in [0.29, 0.717) is 5.39 Å². The second-order valence-electron chi connectivity index (χ2n) is 6.28. The van der Waals surface area contributed by atoms with Gasteiger partial charge in [0.05, 0.1) is 0 Å². The standard InChI is InChI=1S/C16H17FN2O4S/c1-4-5-13(24(20,21)14-9-16(2,3)23-18-14)15-11-7-6-10(17)8-12(11)22-19-15/h4,6-8,13H,1,5,9H2,2-3H3. The summed E-state index contributed by atoms with van der Waals surface area (Å²) >= 11 is 0. The van der Waals surface area contributed by atoms with Crippen LogP contribution in [0.3, 0.4) is 0 Å². The highest BCUT2D eigenvalue weighted by molar-refractivity contribution is 8.06. The zero-order valence-electron chi connectivity index (χ0n) is 13.3. The van der Waals surface area contributed by atoms with Gasteiger partial charge in [-0.05, 0) is 32.4 Å². The molecule has 2 heterocycles. The molecule has 128 valence electrons. The monoisotopic (exact) mass is 352 g/mol. The molecule has 2 aromatic rings. The Morgan fingerprint density at radius 1 is 1.46 bits per heavy atom. The highest BCUT2D eigenvalue weighted by Gasteiger charge is 2.41. The largest absolute Gasteiger partial charge is 0.389 e. The maximum Gasteiger partial charge on any atom is 0.204 e. The second kappa shape index (κ2) is 5.70. The van der Waals surface area contributed by atoms with Crippen LogP contribution in [0.15, 0.2) is 40.5 Å². The molecule has 0 N–H and O–H groups in total. The van der Waals surface area contributed by atoms with Crippen LogP contribution in [0, 0.1) is 5.82 Å². The van der Waals surface area contributed by atoms with Crippen molar-refractivity contribution < 1.29 is 22.2 Å². The molecule has 0 fully saturated rings. The third-order valence-electron chi connectivity index (χ3n) is 3.82. The molecular weight excluding hydrogens is 335 g/mol. The molecule has 1 aromatic carbocycles. The van der Waals surface area contributed by atoms with E-state index < -0.39 is 26.5 Å². The first-order chi connectivity index (χ1) is 11.2. The Labute approximate surface area is 138 Å². The third-order valence-corrected chi connectivity index (χ3v) is 5.86. The topological polar surface area (TPSA) is 81.8 Å². The first-order valence-electron chi connectivity index (χ1n) is 7.39. The van der Waals surface area contributed by atoms with Gasteiger partial charge in [0.2, 0.25) is 9.84 Å². The number of sulfone groups is 1. The molecule has 0 saturated heterocycles. The Kier molecular flexibility index (Phi) is 3.95. The third kappa shape index (κ3) is 2.82. The van der Waals surface area contributed by atoms with Crippen LogP contribution in [-0.2, 0) is 14.7 Å². The highest BCUT2D eigenvalue weighted by atomic mass is 32.2. The summed E-state index contributed by atoms with van der Waals surface area (Å²) in [5.74, 6) is -0.483. The summed E-state index contributed by atoms with van der Waals surface area (Å²) in [4.78, 5) is 5.18. The van der Waals surface area contributed by atoms with Gasteiger partial charge in [0.25, 0.3) is 0 Å². The number of hydrogen-bond donors (Lipinski definition) is 0. The molecule has 0 saturated carbocycles. The summed E-state index contributed by atoms with van der Waals surface area (Å²) < 4.78 is 44.4. The van der Waals surface area contributed by atoms with Crippen LogP contribution in [-0.4, -0.2) is 24.2 Å². The number of fused-ring (bicyclic) bond motifs is 1. The summed E-state index contributed by atoms with van der Waals surface area (Å²) in [5.41, 5.74) is -0.257. The van der Waals surface area contributed by atoms with Crippen LogP contribution < -0.4 is 0 Å². The van der Waals surface area contributed by atoms with E-state index in [-0.39, 0.29) is 29.2 Å². The summed E-state index contributed by atoms with van der Waals surface area (Å²) in [6.07, 6.45) is 1.79. The van der Waals surface area contributed by atoms with E-state index in [1.807, 2.05) is 0 Å². The number of hydrogen-bond acceptors (Lipinski definition) is 6. The van der Waals surface area contributed by atoms with E-state index in [4.69, 9.17) is 9.36 Å². The Morgan fingerprint density at radius 2 is 2.21 bits per heavy atom. The number of halogens is 1. The molecule has 24 heavy (non-hydrogen) atoms. The lowest BCUT2D eigenvalue weighted by Gasteiger charge is -2.15. The van der Waals surface area contributed by atoms with Gasteiger partial charge >= 0.3 is 0 Å². The van der Waals surface area contributed by atoms with Gasteiger partial charge in [0, 0.05) is 17.9 Å². The fourth-order valence-corrected chi connectivity index (χ4v) is 4.49. The molecule has 1 aliphatic rings. The quantitative estimate of drug-likeness (QED) is 0.787. The van der Waals surface area contributed by atoms with Crippen molar-refractivity contribution in [2.24, 2.45) is 5.16 Å². The van der Waals surface area contributed by atoms with Gasteiger partial charge < -0.3 is 9.36 Å². The van der Waals surface area contributed by atoms with E-state index in [0.717, 1.165) is 0 Å². The highest BCUT2D eigenvalue weighted by Crippen LogP contribution is 2.36. The number of allylic oxidation sites excluding steroid dienone is 1. The molecule has 6 nitrogen and oxygen atoms in total. The molecule has 0 radical (unpaired) electrons. The maximum atomic E-state index is 13.3. The van der Waals surface area contributed by atoms with Crippen LogP contribution in [0.4, 0.5) is 4.39 Å². The number of rotatable bonds is 4. The van der Waals surface area contributed by atoms with E-state index in [1.54, 1.807) is 13.8 Å². The smallest absolute Gasteiger partial charge is 0.204 e. The fourth-order valence-electron chi connectivity index (χ4n) is 2.62. The predicted octanol–water partition coefficient (Wildman–Crippen LogP) is 3.51. The molecule has 1 unspecified atom stereocenters. The van der Waals surface area contributed by atoms with Crippen molar-refractivity contribution in [3.63, 3.8) is 0 Å². The molecule has 3 rings (SSSR count). The molecule has 1 aliphatic heterocycles. The van der Waals surface area contributed by atoms with Crippen LogP contribution in [0.2, 0.25) is 0 Å². The predicted molar refractivity (Wildman–Crippen MR) is 87.7 cm³/mol. The van der Waals surface area contributed by atoms with Gasteiger partial charge in [-0.1, -0.05) is 16.4 Å². The van der Waals surface area contributed by atoms with Crippen molar-refractivity contribution in [3.05, 3.63) is 42.4 Å². The SMILES string of the molecule is C=CCC(c1noc2cc(F)ccc12)S(=O)(=O)C1=NOC(C)(C)C1. The van der Waals surface area contributed by atoms with Crippen molar-refractivity contribution in [2.75, 3.05) is 0 Å². The van der Waals surface area contributed by atoms with Crippen molar-refractivity contribution in [2.45, 2.75) is 37.5 Å². The van der Waals surface area contributed by atoms with E-state index >= 15 is 0 Å². The van der Waals surface area contributed by atoms with Crippen LogP contribution in [0.1, 0.15) is 37.6 Å². The fraction of sp³-hybridized carbons (Fsp3) is 0.375. The van der Waals surface area contributed by atoms with E-state index in [9.17, 15) is 12.8 Å². The van der Waals surface area contributed by atoms with Crippen LogP contribution in [0.25, 0.3) is 11.0 Å². The first-order valence-corrected chi connectivity index (χ1v) is 8.94. The molecule has 1 aromatic heterocycles. The number of oxime groups is 1. The summed E-state index contributed by atoms with van der Waals surface area (Å²) in [5, 5.41) is 7.01. The van der Waals surface area contributed by atoms with Crippen LogP contribution >= 0.6 is 0 Å². The minimum absolute atomic E-state index is 0.0300. The van der Waals surface area contributed by atoms with Gasteiger partial charge in [-0.25, -0.2) is 12.8 Å². The van der Waals surface area contributed by atoms with Gasteiger partial charge in [-0.2, -0.15) is 0 Å². The van der Waals surface area contributed by atoms with Gasteiger partial charge in [-0.15, -0.1) is 6.58 Å². The van der Waals surface area contributed by atoms with Gasteiger partial charge in [-0.3, -0.25) is 0 Å². The minimum atomic E-state index is -3.82. The van der Waals surface area contributed by atoms with Crippen molar-refractivity contribution >= 4 is 25.9 Å². The maximum absolute atomic E-state index is 13.3. The average Bonchev–Trinajstić information content (AvgIpc) is 3.07. The molecular formula is C16H17FN2O4S. The molecule has 1 atom stereocenters. The molecule has 0 aliphatic carbocycles. The minimum Gasteiger partial charge on any atom is -0.389 e.